The molecule has 1 aromatic rings. The summed E-state index contributed by atoms with van der Waals surface area (Å²) < 4.78 is 5.08. The number of ether oxygens (including phenoxy) is 1. The molecule has 0 spiro atoms. The molecule has 3 nitrogen and oxygen atoms in total. The Morgan fingerprint density at radius 3 is 2.53 bits per heavy atom. The highest BCUT2D eigenvalue weighted by Crippen LogP contribution is 2.38. The zero-order valence-corrected chi connectivity index (χ0v) is 8.43. The molecule has 76 valence electrons. The summed E-state index contributed by atoms with van der Waals surface area (Å²) in [4.78, 5) is 11.1. The average Bonchev–Trinajstić information content (AvgIpc) is 2.26. The van der Waals surface area contributed by atoms with Crippen LogP contribution in [-0.4, -0.2) is 5.97 Å². The molecule has 1 aliphatic rings. The zero-order chi connectivity index (χ0) is 10.8. The molecule has 2 rings (SSSR count). The van der Waals surface area contributed by atoms with Crippen LogP contribution in [0.15, 0.2) is 24.3 Å². The van der Waals surface area contributed by atoms with Crippen LogP contribution in [0.4, 0.5) is 0 Å². The fourth-order valence-electron chi connectivity index (χ4n) is 1.77. The summed E-state index contributed by atoms with van der Waals surface area (Å²) in [5.74, 6) is -0.134. The van der Waals surface area contributed by atoms with E-state index in [4.69, 9.17) is 10.00 Å². The molecular formula is C12H11NO2. The van der Waals surface area contributed by atoms with Crippen LogP contribution in [-0.2, 0) is 9.53 Å². The maximum atomic E-state index is 11.1. The van der Waals surface area contributed by atoms with Gasteiger partial charge in [0.1, 0.15) is 6.10 Å². The molecule has 1 saturated heterocycles. The number of hydrogen-bond acceptors (Lipinski definition) is 3. The van der Waals surface area contributed by atoms with Gasteiger partial charge in [0, 0.05) is 0 Å². The molecule has 0 aliphatic carbocycles. The number of esters is 1. The summed E-state index contributed by atoms with van der Waals surface area (Å²) in [6, 6.07) is 9.23. The normalized spacial score (nSPS) is 23.9. The van der Waals surface area contributed by atoms with E-state index in [1.807, 2.05) is 19.1 Å². The topological polar surface area (TPSA) is 50.1 Å². The lowest BCUT2D eigenvalue weighted by Crippen LogP contribution is -2.37. The van der Waals surface area contributed by atoms with E-state index in [0.29, 0.717) is 5.56 Å². The fraction of sp³-hybridized carbons (Fsp3) is 0.333. The van der Waals surface area contributed by atoms with Crippen LogP contribution in [0.1, 0.15) is 30.6 Å². The summed E-state index contributed by atoms with van der Waals surface area (Å²) in [6.07, 6.45) is 0.680. The van der Waals surface area contributed by atoms with Gasteiger partial charge in [-0.15, -0.1) is 0 Å². The molecule has 1 fully saturated rings. The predicted octanol–water partition coefficient (Wildman–Crippen LogP) is 2.18. The van der Waals surface area contributed by atoms with E-state index < -0.39 is 0 Å². The minimum atomic E-state index is -0.119. The molecule has 15 heavy (non-hydrogen) atoms. The molecule has 1 aliphatic heterocycles. The Morgan fingerprint density at radius 1 is 1.40 bits per heavy atom. The maximum absolute atomic E-state index is 11.1. The smallest absolute Gasteiger partial charge is 0.313 e. The van der Waals surface area contributed by atoms with Crippen LogP contribution in [0, 0.1) is 17.2 Å². The zero-order valence-electron chi connectivity index (χ0n) is 8.43. The SMILES string of the molecule is CC[C@H]1C(=O)O[C@H]1c1ccc(C#N)cc1. The number of hydrogen-bond donors (Lipinski definition) is 0. The molecule has 0 radical (unpaired) electrons. The molecule has 0 saturated carbocycles. The second-order valence-corrected chi connectivity index (χ2v) is 3.61. The fourth-order valence-corrected chi connectivity index (χ4v) is 1.77. The number of nitriles is 1. The third-order valence-electron chi connectivity index (χ3n) is 2.72. The lowest BCUT2D eigenvalue weighted by atomic mass is 9.88. The van der Waals surface area contributed by atoms with E-state index >= 15 is 0 Å². The first-order chi connectivity index (χ1) is 7.26. The Hall–Kier alpha value is -1.82. The van der Waals surface area contributed by atoms with Gasteiger partial charge in [-0.05, 0) is 24.1 Å². The van der Waals surface area contributed by atoms with Crippen LogP contribution in [0.25, 0.3) is 0 Å². The van der Waals surface area contributed by atoms with Crippen LogP contribution >= 0.6 is 0 Å². The Labute approximate surface area is 88.3 Å². The number of cyclic esters (lactones) is 1. The second-order valence-electron chi connectivity index (χ2n) is 3.61. The first-order valence-electron chi connectivity index (χ1n) is 4.96. The first kappa shape index (κ1) is 9.72. The van der Waals surface area contributed by atoms with Crippen molar-refractivity contribution in [3.63, 3.8) is 0 Å². The Balaban J connectivity index is 2.18. The van der Waals surface area contributed by atoms with Gasteiger partial charge < -0.3 is 4.74 Å². The number of rotatable bonds is 2. The van der Waals surface area contributed by atoms with Crippen molar-refractivity contribution in [2.24, 2.45) is 5.92 Å². The molecule has 1 heterocycles. The minimum Gasteiger partial charge on any atom is -0.456 e. The molecule has 0 unspecified atom stereocenters. The number of carbonyl (C=O) groups is 1. The molecular weight excluding hydrogens is 190 g/mol. The Morgan fingerprint density at radius 2 is 2.07 bits per heavy atom. The molecule has 0 amide bonds. The van der Waals surface area contributed by atoms with Gasteiger partial charge in [0.25, 0.3) is 0 Å². The van der Waals surface area contributed by atoms with Crippen LogP contribution < -0.4 is 0 Å². The van der Waals surface area contributed by atoms with Crippen molar-refractivity contribution in [2.45, 2.75) is 19.4 Å². The summed E-state index contributed by atoms with van der Waals surface area (Å²) in [5, 5.41) is 8.64. The molecule has 0 bridgehead atoms. The Bertz CT molecular complexity index is 416. The van der Waals surface area contributed by atoms with E-state index in [9.17, 15) is 4.79 Å². The van der Waals surface area contributed by atoms with E-state index in [1.165, 1.54) is 0 Å². The van der Waals surface area contributed by atoms with Crippen LogP contribution in [0.2, 0.25) is 0 Å². The second kappa shape index (κ2) is 3.74. The standard InChI is InChI=1S/C12H11NO2/c1-2-10-11(15-12(10)14)9-5-3-8(7-13)4-6-9/h3-6,10-11H,2H2,1H3/t10-,11+/m1/s1. The molecule has 1 aromatic carbocycles. The van der Waals surface area contributed by atoms with Gasteiger partial charge in [0.2, 0.25) is 0 Å². The highest BCUT2D eigenvalue weighted by Gasteiger charge is 2.41. The van der Waals surface area contributed by atoms with Crippen molar-refractivity contribution in [1.82, 2.24) is 0 Å². The maximum Gasteiger partial charge on any atom is 0.313 e. The molecule has 0 N–H and O–H groups in total. The van der Waals surface area contributed by atoms with Crippen molar-refractivity contribution >= 4 is 5.97 Å². The summed E-state index contributed by atoms with van der Waals surface area (Å²) >= 11 is 0. The van der Waals surface area contributed by atoms with Crippen LogP contribution in [0.3, 0.4) is 0 Å². The predicted molar refractivity (Wildman–Crippen MR) is 53.8 cm³/mol. The van der Waals surface area contributed by atoms with E-state index in [0.717, 1.165) is 12.0 Å². The number of nitrogens with zero attached hydrogens (tertiary/aromatic N) is 1. The lowest BCUT2D eigenvalue weighted by Gasteiger charge is -2.34. The van der Waals surface area contributed by atoms with Crippen molar-refractivity contribution in [1.29, 1.82) is 5.26 Å². The quantitative estimate of drug-likeness (QED) is 0.689. The molecule has 0 aromatic heterocycles. The van der Waals surface area contributed by atoms with Gasteiger partial charge in [-0.3, -0.25) is 4.79 Å². The third-order valence-corrected chi connectivity index (χ3v) is 2.72. The molecule has 3 heteroatoms. The highest BCUT2D eigenvalue weighted by atomic mass is 16.6. The summed E-state index contributed by atoms with van der Waals surface area (Å²) in [7, 11) is 0. The van der Waals surface area contributed by atoms with Gasteiger partial charge in [0.05, 0.1) is 17.6 Å². The highest BCUT2D eigenvalue weighted by molar-refractivity contribution is 5.79. The minimum absolute atomic E-state index is 0.0158. The summed E-state index contributed by atoms with van der Waals surface area (Å²) in [5.41, 5.74) is 1.60. The largest absolute Gasteiger partial charge is 0.456 e. The van der Waals surface area contributed by atoms with Gasteiger partial charge in [-0.1, -0.05) is 19.1 Å². The van der Waals surface area contributed by atoms with Crippen LogP contribution in [0.5, 0.6) is 0 Å². The van der Waals surface area contributed by atoms with Gasteiger partial charge >= 0.3 is 5.97 Å². The Kier molecular flexibility index (Phi) is 2.42. The average molecular weight is 201 g/mol. The van der Waals surface area contributed by atoms with E-state index in [-0.39, 0.29) is 18.0 Å². The van der Waals surface area contributed by atoms with Crippen molar-refractivity contribution in [3.05, 3.63) is 35.4 Å². The molecule has 2 atom stereocenters. The first-order valence-corrected chi connectivity index (χ1v) is 4.96. The summed E-state index contributed by atoms with van der Waals surface area (Å²) in [6.45, 7) is 1.97. The van der Waals surface area contributed by atoms with Gasteiger partial charge in [-0.25, -0.2) is 0 Å². The van der Waals surface area contributed by atoms with E-state index in [1.54, 1.807) is 12.1 Å². The van der Waals surface area contributed by atoms with Gasteiger partial charge in [0.15, 0.2) is 0 Å². The number of carbonyl (C=O) groups excluding carboxylic acids is 1. The lowest BCUT2D eigenvalue weighted by molar-refractivity contribution is -0.186. The van der Waals surface area contributed by atoms with E-state index in [2.05, 4.69) is 6.07 Å². The third kappa shape index (κ3) is 1.59. The van der Waals surface area contributed by atoms with Gasteiger partial charge in [-0.2, -0.15) is 5.26 Å². The van der Waals surface area contributed by atoms with Crippen molar-refractivity contribution in [3.8, 4) is 6.07 Å². The van der Waals surface area contributed by atoms with Crippen molar-refractivity contribution in [2.75, 3.05) is 0 Å². The number of benzene rings is 1. The monoisotopic (exact) mass is 201 g/mol. The van der Waals surface area contributed by atoms with Crippen molar-refractivity contribution < 1.29 is 9.53 Å².